The van der Waals surface area contributed by atoms with Gasteiger partial charge in [0.1, 0.15) is 17.4 Å². The van der Waals surface area contributed by atoms with E-state index in [2.05, 4.69) is 20.5 Å². The lowest BCUT2D eigenvalue weighted by atomic mass is 9.92. The maximum atomic E-state index is 13.2. The number of piperazine rings is 1. The molecule has 0 radical (unpaired) electrons. The summed E-state index contributed by atoms with van der Waals surface area (Å²) in [6.45, 7) is 4.58. The smallest absolute Gasteiger partial charge is 0.255 e. The van der Waals surface area contributed by atoms with Crippen molar-refractivity contribution in [2.24, 2.45) is 5.92 Å². The Labute approximate surface area is 238 Å². The van der Waals surface area contributed by atoms with Crippen molar-refractivity contribution in [2.45, 2.75) is 50.8 Å². The molecular weight excluding hydrogens is 532 g/mol. The lowest BCUT2D eigenvalue weighted by Crippen LogP contribution is -2.63. The third kappa shape index (κ3) is 7.66. The van der Waals surface area contributed by atoms with Crippen molar-refractivity contribution in [3.8, 4) is 0 Å². The summed E-state index contributed by atoms with van der Waals surface area (Å²) >= 11 is 0. The van der Waals surface area contributed by atoms with E-state index in [1.54, 1.807) is 25.5 Å². The third-order valence-corrected chi connectivity index (χ3v) is 7.88. The molecule has 222 valence electrons. The Morgan fingerprint density at radius 2 is 1.95 bits per heavy atom. The second-order valence-corrected chi connectivity index (χ2v) is 11.1. The van der Waals surface area contributed by atoms with Crippen LogP contribution in [0.5, 0.6) is 0 Å². The number of carbonyl (C=O) groups is 2. The number of hydrogen-bond donors (Lipinski definition) is 3. The number of aliphatic hydroxyl groups excluding tert-OH is 1. The number of carbonyl (C=O) groups excluding carboxylic acids is 2. The lowest BCUT2D eigenvalue weighted by Gasteiger charge is -2.47. The maximum Gasteiger partial charge on any atom is 0.255 e. The molecular formula is C30H39F2N5O4. The van der Waals surface area contributed by atoms with Gasteiger partial charge in [0.15, 0.2) is 0 Å². The number of β-amino-alcohol motifs (C(OH)–C–C–N with tert-alkyl or cyclic N) is 1. The monoisotopic (exact) mass is 571 g/mol. The van der Waals surface area contributed by atoms with Crippen molar-refractivity contribution in [3.05, 3.63) is 66.2 Å². The number of halogens is 2. The van der Waals surface area contributed by atoms with Crippen LogP contribution in [0.3, 0.4) is 0 Å². The van der Waals surface area contributed by atoms with Crippen molar-refractivity contribution in [1.82, 2.24) is 25.4 Å². The van der Waals surface area contributed by atoms with Crippen LogP contribution < -0.4 is 10.6 Å². The molecule has 1 aliphatic heterocycles. The second kappa shape index (κ2) is 13.5. The first kappa shape index (κ1) is 30.5. The van der Waals surface area contributed by atoms with Crippen molar-refractivity contribution in [2.75, 3.05) is 39.8 Å². The number of fused-ring (bicyclic) bond motifs is 1. The quantitative estimate of drug-likeness (QED) is 0.307. The highest BCUT2D eigenvalue weighted by Crippen LogP contribution is 2.34. The summed E-state index contributed by atoms with van der Waals surface area (Å²) in [7, 11) is 1.57. The molecule has 1 fully saturated rings. The van der Waals surface area contributed by atoms with Gasteiger partial charge in [-0.15, -0.1) is 0 Å². The number of nitrogens with one attached hydrogen (secondary N) is 2. The van der Waals surface area contributed by atoms with Crippen LogP contribution in [0, 0.1) is 5.92 Å². The number of amides is 2. The van der Waals surface area contributed by atoms with Gasteiger partial charge in [0.05, 0.1) is 18.2 Å². The molecule has 1 saturated heterocycles. The molecule has 0 aliphatic carbocycles. The summed E-state index contributed by atoms with van der Waals surface area (Å²) in [6.07, 6.45) is 0.453. The number of alkyl halides is 2. The second-order valence-electron chi connectivity index (χ2n) is 11.1. The van der Waals surface area contributed by atoms with Gasteiger partial charge in [0.2, 0.25) is 11.8 Å². The van der Waals surface area contributed by atoms with Crippen LogP contribution >= 0.6 is 0 Å². The van der Waals surface area contributed by atoms with E-state index in [4.69, 9.17) is 4.42 Å². The van der Waals surface area contributed by atoms with E-state index in [0.29, 0.717) is 30.9 Å². The van der Waals surface area contributed by atoms with E-state index in [0.717, 1.165) is 10.9 Å². The van der Waals surface area contributed by atoms with Gasteiger partial charge in [0, 0.05) is 56.9 Å². The average molecular weight is 572 g/mol. The van der Waals surface area contributed by atoms with Crippen LogP contribution in [0.15, 0.2) is 59.3 Å². The van der Waals surface area contributed by atoms with Crippen molar-refractivity contribution in [1.29, 1.82) is 0 Å². The summed E-state index contributed by atoms with van der Waals surface area (Å²) in [5.74, 6) is -0.466. The van der Waals surface area contributed by atoms with Crippen LogP contribution in [0.25, 0.3) is 11.0 Å². The largest absolute Gasteiger partial charge is 0.459 e. The predicted molar refractivity (Wildman–Crippen MR) is 151 cm³/mol. The van der Waals surface area contributed by atoms with Crippen molar-refractivity contribution in [3.63, 3.8) is 0 Å². The fourth-order valence-corrected chi connectivity index (χ4v) is 5.49. The molecule has 0 spiro atoms. The molecule has 0 saturated carbocycles. The number of pyridine rings is 1. The lowest BCUT2D eigenvalue weighted by molar-refractivity contribution is -0.133. The summed E-state index contributed by atoms with van der Waals surface area (Å²) in [5, 5.41) is 17.0. The zero-order chi connectivity index (χ0) is 29.6. The Balaban J connectivity index is 1.49. The Morgan fingerprint density at radius 1 is 1.20 bits per heavy atom. The third-order valence-electron chi connectivity index (χ3n) is 7.88. The molecule has 9 nitrogen and oxygen atoms in total. The Kier molecular flexibility index (Phi) is 10.1. The van der Waals surface area contributed by atoms with Gasteiger partial charge in [-0.3, -0.25) is 24.4 Å². The van der Waals surface area contributed by atoms with Crippen LogP contribution in [0.4, 0.5) is 8.78 Å². The van der Waals surface area contributed by atoms with Gasteiger partial charge >= 0.3 is 0 Å². The highest BCUT2D eigenvalue weighted by molar-refractivity contribution is 5.82. The van der Waals surface area contributed by atoms with Crippen LogP contribution in [-0.4, -0.2) is 90.0 Å². The fraction of sp³-hybridized carbons (Fsp3) is 0.500. The number of aliphatic hydroxyl groups is 1. The molecule has 1 aromatic carbocycles. The van der Waals surface area contributed by atoms with Crippen molar-refractivity contribution < 1.29 is 27.9 Å². The first-order valence-corrected chi connectivity index (χ1v) is 13.9. The number of benzene rings is 1. The molecule has 1 aliphatic rings. The van der Waals surface area contributed by atoms with E-state index in [1.165, 1.54) is 0 Å². The van der Waals surface area contributed by atoms with Crippen LogP contribution in [0.1, 0.15) is 31.6 Å². The normalized spacial score (nSPS) is 18.4. The Morgan fingerprint density at radius 3 is 2.63 bits per heavy atom. The summed E-state index contributed by atoms with van der Waals surface area (Å²) in [4.78, 5) is 33.9. The molecule has 2 aromatic heterocycles. The number of furan rings is 1. The minimum absolute atomic E-state index is 0.125. The van der Waals surface area contributed by atoms with E-state index in [-0.39, 0.29) is 25.4 Å². The molecule has 3 aromatic rings. The molecule has 11 heteroatoms. The first-order chi connectivity index (χ1) is 19.6. The Hall–Kier alpha value is -3.41. The molecule has 2 amide bonds. The van der Waals surface area contributed by atoms with E-state index in [1.807, 2.05) is 55.1 Å². The number of aromatic nitrogens is 1. The Bertz CT molecular complexity index is 1270. The summed E-state index contributed by atoms with van der Waals surface area (Å²) in [6, 6.07) is 12.5. The summed E-state index contributed by atoms with van der Waals surface area (Å²) < 4.78 is 32.0. The number of hydrogen-bond acceptors (Lipinski definition) is 7. The first-order valence-electron chi connectivity index (χ1n) is 13.9. The average Bonchev–Trinajstić information content (AvgIpc) is 3.41. The topological polar surface area (TPSA) is 111 Å². The van der Waals surface area contributed by atoms with E-state index < -0.39 is 42.5 Å². The van der Waals surface area contributed by atoms with E-state index >= 15 is 0 Å². The standard InChI is InChI=1S/C30H39F2N5O4/c1-30(2,26-15-22-16-34-10-9-25(22)41-26)37-12-11-36(24(19-37)29(40)35-17-27(31)32)18-23(38)14-21(28(39)33-3)13-20-7-5-4-6-8-20/h4-10,15-16,21,23-24,27,38H,11-14,17-19H2,1-3H3,(H,33,39)(H,35,40)/t21-,23?,24+/m1/s1. The van der Waals surface area contributed by atoms with Crippen molar-refractivity contribution >= 4 is 22.8 Å². The molecule has 3 heterocycles. The molecule has 1 unspecified atom stereocenters. The SMILES string of the molecule is CNC(=O)[C@H](Cc1ccccc1)CC(O)CN1CCN(C(C)(C)c2cc3cnccc3o2)C[C@H]1C(=O)NCC(F)F. The molecule has 4 rings (SSSR count). The van der Waals surface area contributed by atoms with Crippen LogP contribution in [0.2, 0.25) is 0 Å². The molecule has 3 N–H and O–H groups in total. The van der Waals surface area contributed by atoms with E-state index in [9.17, 15) is 23.5 Å². The zero-order valence-electron chi connectivity index (χ0n) is 23.7. The van der Waals surface area contributed by atoms with Gasteiger partial charge in [-0.25, -0.2) is 8.78 Å². The predicted octanol–water partition coefficient (Wildman–Crippen LogP) is 2.79. The van der Waals surface area contributed by atoms with Gasteiger partial charge in [-0.2, -0.15) is 0 Å². The number of nitrogens with zero attached hydrogens (tertiary/aromatic N) is 3. The highest BCUT2D eigenvalue weighted by Gasteiger charge is 2.41. The molecule has 0 bridgehead atoms. The number of rotatable bonds is 12. The summed E-state index contributed by atoms with van der Waals surface area (Å²) in [5.41, 5.74) is 1.08. The van der Waals surface area contributed by atoms with Gasteiger partial charge < -0.3 is 20.2 Å². The molecule has 41 heavy (non-hydrogen) atoms. The zero-order valence-corrected chi connectivity index (χ0v) is 23.7. The van der Waals surface area contributed by atoms with Gasteiger partial charge in [-0.1, -0.05) is 30.3 Å². The minimum atomic E-state index is -2.68. The van der Waals surface area contributed by atoms with Gasteiger partial charge in [0.25, 0.3) is 6.43 Å². The fourth-order valence-electron chi connectivity index (χ4n) is 5.49. The molecule has 3 atom stereocenters. The van der Waals surface area contributed by atoms with Crippen LogP contribution in [-0.2, 0) is 21.5 Å². The highest BCUT2D eigenvalue weighted by atomic mass is 19.3. The maximum absolute atomic E-state index is 13.2. The minimum Gasteiger partial charge on any atom is -0.459 e. The van der Waals surface area contributed by atoms with Gasteiger partial charge in [-0.05, 0) is 44.4 Å².